The maximum Gasteiger partial charge on any atom is 0.227 e. The van der Waals surface area contributed by atoms with Crippen LogP contribution in [0, 0.1) is 0 Å². The highest BCUT2D eigenvalue weighted by Crippen LogP contribution is 2.28. The molecule has 0 saturated carbocycles. The number of rotatable bonds is 8. The Hall–Kier alpha value is -3.79. The number of pyridine rings is 1. The van der Waals surface area contributed by atoms with Gasteiger partial charge in [0.25, 0.3) is 0 Å². The monoisotopic (exact) mass is 511 g/mol. The molecule has 0 bridgehead atoms. The Labute approximate surface area is 222 Å². The molecule has 6 rings (SSSR count). The number of aromatic nitrogens is 3. The van der Waals surface area contributed by atoms with E-state index in [-0.39, 0.29) is 6.10 Å². The second kappa shape index (κ2) is 11.7. The fraction of sp³-hybridized carbons (Fsp3) is 0.345. The fourth-order valence-electron chi connectivity index (χ4n) is 4.87. The van der Waals surface area contributed by atoms with E-state index in [4.69, 9.17) is 14.5 Å². The van der Waals surface area contributed by atoms with Crippen molar-refractivity contribution in [3.8, 4) is 17.0 Å². The van der Waals surface area contributed by atoms with Crippen molar-refractivity contribution in [2.24, 2.45) is 0 Å². The minimum Gasteiger partial charge on any atom is -0.492 e. The molecule has 9 heteroatoms. The number of fused-ring (bicyclic) bond motifs is 1. The van der Waals surface area contributed by atoms with E-state index in [0.29, 0.717) is 12.6 Å². The molecule has 2 aliphatic rings. The zero-order chi connectivity index (χ0) is 25.6. The third-order valence-electron chi connectivity index (χ3n) is 6.94. The predicted octanol–water partition coefficient (Wildman–Crippen LogP) is 3.60. The smallest absolute Gasteiger partial charge is 0.227 e. The van der Waals surface area contributed by atoms with Gasteiger partial charge >= 0.3 is 0 Å². The zero-order valence-electron chi connectivity index (χ0n) is 21.4. The Balaban J connectivity index is 1.14. The lowest BCUT2D eigenvalue weighted by Crippen LogP contribution is -2.43. The van der Waals surface area contributed by atoms with Crippen LogP contribution >= 0.6 is 0 Å². The van der Waals surface area contributed by atoms with Gasteiger partial charge in [0, 0.05) is 74.2 Å². The highest BCUT2D eigenvalue weighted by atomic mass is 16.5. The van der Waals surface area contributed by atoms with E-state index in [9.17, 15) is 0 Å². The predicted molar refractivity (Wildman–Crippen MR) is 150 cm³/mol. The van der Waals surface area contributed by atoms with Crippen LogP contribution in [-0.4, -0.2) is 73.5 Å². The Bertz CT molecular complexity index is 1340. The molecule has 2 fully saturated rings. The van der Waals surface area contributed by atoms with Gasteiger partial charge in [0.15, 0.2) is 0 Å². The molecule has 4 aromatic rings. The van der Waals surface area contributed by atoms with Gasteiger partial charge in [-0.3, -0.25) is 4.98 Å². The number of hydrogen-bond donors (Lipinski definition) is 3. The van der Waals surface area contributed by atoms with Crippen molar-refractivity contribution < 1.29 is 9.47 Å². The molecule has 3 N–H and O–H groups in total. The lowest BCUT2D eigenvalue weighted by atomic mass is 10.1. The first kappa shape index (κ1) is 24.5. The molecule has 0 aliphatic carbocycles. The summed E-state index contributed by atoms with van der Waals surface area (Å²) in [5.74, 6) is 1.30. The fourth-order valence-corrected chi connectivity index (χ4v) is 4.87. The molecule has 1 unspecified atom stereocenters. The van der Waals surface area contributed by atoms with Crippen LogP contribution in [-0.2, 0) is 4.74 Å². The van der Waals surface area contributed by atoms with Gasteiger partial charge in [-0.05, 0) is 36.4 Å². The molecule has 38 heavy (non-hydrogen) atoms. The Morgan fingerprint density at radius 3 is 2.63 bits per heavy atom. The molecule has 2 aromatic carbocycles. The largest absolute Gasteiger partial charge is 0.492 e. The first-order valence-corrected chi connectivity index (χ1v) is 13.3. The summed E-state index contributed by atoms with van der Waals surface area (Å²) in [5.41, 5.74) is 4.83. The van der Waals surface area contributed by atoms with Crippen LogP contribution in [0.2, 0.25) is 0 Å². The number of nitrogens with zero attached hydrogens (tertiary/aromatic N) is 4. The lowest BCUT2D eigenvalue weighted by molar-refractivity contribution is 0.0159. The van der Waals surface area contributed by atoms with E-state index >= 15 is 0 Å². The van der Waals surface area contributed by atoms with Crippen molar-refractivity contribution in [2.75, 3.05) is 62.7 Å². The van der Waals surface area contributed by atoms with E-state index in [0.717, 1.165) is 85.9 Å². The summed E-state index contributed by atoms with van der Waals surface area (Å²) in [6.45, 7) is 7.24. The zero-order valence-corrected chi connectivity index (χ0v) is 21.4. The number of benzene rings is 2. The van der Waals surface area contributed by atoms with Gasteiger partial charge in [-0.2, -0.15) is 0 Å². The second-order valence-electron chi connectivity index (χ2n) is 9.56. The second-order valence-corrected chi connectivity index (χ2v) is 9.56. The van der Waals surface area contributed by atoms with Gasteiger partial charge in [0.05, 0.1) is 36.7 Å². The molecule has 0 amide bonds. The average Bonchev–Trinajstić information content (AvgIpc) is 2.99. The Morgan fingerprint density at radius 1 is 0.947 bits per heavy atom. The SMILES string of the molecule is c1cc(-c2ccc(OCCC3CNCCO3)cn2)c2nc(Nc3ccc(N4CCNCC4)cc3)ncc2c1. The number of piperazine rings is 1. The number of para-hydroxylation sites is 1. The van der Waals surface area contributed by atoms with E-state index in [1.54, 1.807) is 6.20 Å². The first-order valence-electron chi connectivity index (χ1n) is 13.3. The third kappa shape index (κ3) is 5.85. The molecular weight excluding hydrogens is 478 g/mol. The van der Waals surface area contributed by atoms with Gasteiger partial charge in [-0.25, -0.2) is 9.97 Å². The van der Waals surface area contributed by atoms with Crippen LogP contribution in [0.4, 0.5) is 17.3 Å². The van der Waals surface area contributed by atoms with E-state index in [2.05, 4.69) is 55.1 Å². The van der Waals surface area contributed by atoms with Crippen molar-refractivity contribution >= 4 is 28.2 Å². The minimum atomic E-state index is 0.208. The van der Waals surface area contributed by atoms with Crippen molar-refractivity contribution in [3.05, 3.63) is 67.0 Å². The quantitative estimate of drug-likeness (QED) is 0.328. The molecule has 2 aromatic heterocycles. The van der Waals surface area contributed by atoms with Gasteiger partial charge in [-0.1, -0.05) is 18.2 Å². The molecule has 1 atom stereocenters. The Kier molecular flexibility index (Phi) is 7.57. The van der Waals surface area contributed by atoms with Crippen LogP contribution in [0.25, 0.3) is 22.2 Å². The van der Waals surface area contributed by atoms with Crippen LogP contribution in [0.15, 0.2) is 67.0 Å². The highest BCUT2D eigenvalue weighted by molar-refractivity contribution is 5.93. The normalized spacial score (nSPS) is 17.9. The van der Waals surface area contributed by atoms with E-state index in [1.165, 1.54) is 5.69 Å². The van der Waals surface area contributed by atoms with Crippen molar-refractivity contribution in [2.45, 2.75) is 12.5 Å². The van der Waals surface area contributed by atoms with Crippen LogP contribution in [0.5, 0.6) is 5.75 Å². The summed E-state index contributed by atoms with van der Waals surface area (Å²) in [6, 6.07) is 18.4. The number of ether oxygens (including phenoxy) is 2. The maximum atomic E-state index is 5.91. The molecular formula is C29H33N7O2. The minimum absolute atomic E-state index is 0.208. The summed E-state index contributed by atoms with van der Waals surface area (Å²) >= 11 is 0. The third-order valence-corrected chi connectivity index (χ3v) is 6.94. The lowest BCUT2D eigenvalue weighted by Gasteiger charge is -2.29. The van der Waals surface area contributed by atoms with Gasteiger partial charge < -0.3 is 30.3 Å². The number of anilines is 3. The first-order chi connectivity index (χ1) is 18.8. The number of hydrogen-bond acceptors (Lipinski definition) is 9. The standard InChI is InChI=1S/C29H33N7O2/c1-2-21-18-33-29(34-22-4-6-23(7-5-22)36-14-11-30-12-15-36)35-28(21)26(3-1)27-9-8-24(20-32-27)37-16-10-25-19-31-13-17-38-25/h1-9,18,20,25,30-31H,10-17,19H2,(H,33,34,35). The summed E-state index contributed by atoms with van der Waals surface area (Å²) in [7, 11) is 0. The van der Waals surface area contributed by atoms with E-state index in [1.807, 2.05) is 36.5 Å². The number of nitrogens with one attached hydrogen (secondary N) is 3. The van der Waals surface area contributed by atoms with Gasteiger partial charge in [0.2, 0.25) is 5.95 Å². The summed E-state index contributed by atoms with van der Waals surface area (Å²) in [4.78, 5) is 16.5. The molecule has 2 aliphatic heterocycles. The van der Waals surface area contributed by atoms with Gasteiger partial charge in [0.1, 0.15) is 5.75 Å². The number of morpholine rings is 1. The maximum absolute atomic E-state index is 5.91. The molecule has 196 valence electrons. The van der Waals surface area contributed by atoms with Crippen LogP contribution in [0.1, 0.15) is 6.42 Å². The molecule has 0 spiro atoms. The van der Waals surface area contributed by atoms with Gasteiger partial charge in [-0.15, -0.1) is 0 Å². The van der Waals surface area contributed by atoms with Crippen molar-refractivity contribution in [3.63, 3.8) is 0 Å². The molecule has 9 nitrogen and oxygen atoms in total. The van der Waals surface area contributed by atoms with Crippen LogP contribution < -0.4 is 25.6 Å². The Morgan fingerprint density at radius 2 is 1.84 bits per heavy atom. The molecule has 2 saturated heterocycles. The summed E-state index contributed by atoms with van der Waals surface area (Å²) < 4.78 is 11.6. The topological polar surface area (TPSA) is 96.5 Å². The van der Waals surface area contributed by atoms with E-state index < -0.39 is 0 Å². The average molecular weight is 512 g/mol. The summed E-state index contributed by atoms with van der Waals surface area (Å²) in [6.07, 6.45) is 4.68. The highest BCUT2D eigenvalue weighted by Gasteiger charge is 2.14. The summed E-state index contributed by atoms with van der Waals surface area (Å²) in [5, 5.41) is 11.1. The van der Waals surface area contributed by atoms with Crippen molar-refractivity contribution in [1.29, 1.82) is 0 Å². The van der Waals surface area contributed by atoms with Crippen molar-refractivity contribution in [1.82, 2.24) is 25.6 Å². The molecule has 4 heterocycles. The molecule has 0 radical (unpaired) electrons. The van der Waals surface area contributed by atoms with Crippen LogP contribution in [0.3, 0.4) is 0 Å².